The molecule has 0 radical (unpaired) electrons. The Kier molecular flexibility index (Phi) is 2.08. The fraction of sp³-hybridized carbons (Fsp3) is 0.273. The van der Waals surface area contributed by atoms with Gasteiger partial charge >= 0.3 is 0 Å². The van der Waals surface area contributed by atoms with E-state index in [1.54, 1.807) is 0 Å². The maximum atomic E-state index is 4.39. The summed E-state index contributed by atoms with van der Waals surface area (Å²) in [4.78, 5) is 11.9. The molecule has 1 N–H and O–H groups in total. The number of nitrogens with one attached hydrogen (secondary N) is 1. The Bertz CT molecular complexity index is 421. The molecule has 0 aliphatic heterocycles. The Balaban J connectivity index is 2.44. The summed E-state index contributed by atoms with van der Waals surface area (Å²) in [5, 5.41) is 0. The van der Waals surface area contributed by atoms with Crippen LogP contribution in [0.2, 0.25) is 0 Å². The molecule has 0 saturated carbocycles. The Morgan fingerprint density at radius 1 is 1.14 bits per heavy atom. The molecule has 0 fully saturated rings. The van der Waals surface area contributed by atoms with Gasteiger partial charge in [-0.2, -0.15) is 0 Å². The van der Waals surface area contributed by atoms with Gasteiger partial charge in [-0.1, -0.05) is 6.07 Å². The minimum absolute atomic E-state index is 0.847. The number of nitrogens with zero attached hydrogens (tertiary/aromatic N) is 2. The van der Waals surface area contributed by atoms with Crippen LogP contribution in [0.25, 0.3) is 11.5 Å². The third kappa shape index (κ3) is 1.53. The number of hydrogen-bond acceptors (Lipinski definition) is 2. The highest BCUT2D eigenvalue weighted by atomic mass is 15.0. The lowest BCUT2D eigenvalue weighted by Gasteiger charge is -1.95. The van der Waals surface area contributed by atoms with Crippen LogP contribution in [0, 0.1) is 20.8 Å². The van der Waals surface area contributed by atoms with E-state index in [0.29, 0.717) is 0 Å². The molecule has 2 rings (SSSR count). The monoisotopic (exact) mass is 187 g/mol. The zero-order chi connectivity index (χ0) is 10.1. The number of rotatable bonds is 1. The molecule has 2 aromatic heterocycles. The number of pyridine rings is 1. The molecule has 0 bridgehead atoms. The lowest BCUT2D eigenvalue weighted by atomic mass is 10.3. The van der Waals surface area contributed by atoms with E-state index in [1.807, 2.05) is 39.1 Å². The van der Waals surface area contributed by atoms with Crippen LogP contribution in [0.5, 0.6) is 0 Å². The summed E-state index contributed by atoms with van der Waals surface area (Å²) in [5.74, 6) is 0.847. The van der Waals surface area contributed by atoms with Gasteiger partial charge in [-0.05, 0) is 32.4 Å². The average molecular weight is 187 g/mol. The molecule has 2 aromatic rings. The standard InChI is InChI=1S/C11H13N3/c1-7-4-5-10(12-6-7)11-13-8(2)9(3)14-11/h4-6H,1-3H3,(H,13,14). The molecule has 0 unspecified atom stereocenters. The summed E-state index contributed by atoms with van der Waals surface area (Å²) >= 11 is 0. The van der Waals surface area contributed by atoms with Gasteiger partial charge in [0.1, 0.15) is 5.69 Å². The van der Waals surface area contributed by atoms with Crippen molar-refractivity contribution in [1.82, 2.24) is 15.0 Å². The lowest BCUT2D eigenvalue weighted by molar-refractivity contribution is 1.18. The predicted octanol–water partition coefficient (Wildman–Crippen LogP) is 2.40. The predicted molar refractivity (Wildman–Crippen MR) is 56.0 cm³/mol. The Morgan fingerprint density at radius 3 is 2.43 bits per heavy atom. The van der Waals surface area contributed by atoms with E-state index in [2.05, 4.69) is 15.0 Å². The van der Waals surface area contributed by atoms with Crippen molar-refractivity contribution in [2.75, 3.05) is 0 Å². The first-order valence-electron chi connectivity index (χ1n) is 4.63. The van der Waals surface area contributed by atoms with Gasteiger partial charge in [0.25, 0.3) is 0 Å². The quantitative estimate of drug-likeness (QED) is 0.744. The molecule has 0 saturated heterocycles. The molecular formula is C11H13N3. The first kappa shape index (κ1) is 8.94. The number of aromatic amines is 1. The average Bonchev–Trinajstić information content (AvgIpc) is 2.48. The molecular weight excluding hydrogens is 174 g/mol. The molecule has 0 spiro atoms. The fourth-order valence-electron chi connectivity index (χ4n) is 1.28. The molecule has 2 heterocycles. The van der Waals surface area contributed by atoms with Gasteiger partial charge in [0.2, 0.25) is 0 Å². The molecule has 0 aliphatic rings. The van der Waals surface area contributed by atoms with Crippen LogP contribution in [0.3, 0.4) is 0 Å². The molecule has 3 heteroatoms. The highest BCUT2D eigenvalue weighted by molar-refractivity contribution is 5.50. The largest absolute Gasteiger partial charge is 0.341 e. The molecule has 72 valence electrons. The Labute approximate surface area is 83.2 Å². The van der Waals surface area contributed by atoms with Gasteiger partial charge in [-0.15, -0.1) is 0 Å². The summed E-state index contributed by atoms with van der Waals surface area (Å²) in [6, 6.07) is 4.02. The molecule has 14 heavy (non-hydrogen) atoms. The second-order valence-corrected chi connectivity index (χ2v) is 3.52. The van der Waals surface area contributed by atoms with Crippen molar-refractivity contribution >= 4 is 0 Å². The summed E-state index contributed by atoms with van der Waals surface area (Å²) in [6.07, 6.45) is 1.85. The zero-order valence-electron chi connectivity index (χ0n) is 8.63. The third-order valence-electron chi connectivity index (χ3n) is 2.28. The van der Waals surface area contributed by atoms with E-state index in [4.69, 9.17) is 0 Å². The van der Waals surface area contributed by atoms with Crippen molar-refractivity contribution in [3.05, 3.63) is 35.3 Å². The SMILES string of the molecule is Cc1ccc(-c2nc(C)c(C)[nH]2)nc1. The van der Waals surface area contributed by atoms with Crippen molar-refractivity contribution in [1.29, 1.82) is 0 Å². The van der Waals surface area contributed by atoms with Crippen molar-refractivity contribution < 1.29 is 0 Å². The maximum Gasteiger partial charge on any atom is 0.156 e. The van der Waals surface area contributed by atoms with Gasteiger partial charge in [-0.3, -0.25) is 4.98 Å². The molecule has 0 aliphatic carbocycles. The van der Waals surface area contributed by atoms with E-state index in [0.717, 1.165) is 28.5 Å². The highest BCUT2D eigenvalue weighted by Crippen LogP contribution is 2.15. The van der Waals surface area contributed by atoms with Crippen molar-refractivity contribution in [3.63, 3.8) is 0 Å². The minimum atomic E-state index is 0.847. The lowest BCUT2D eigenvalue weighted by Crippen LogP contribution is -1.85. The summed E-state index contributed by atoms with van der Waals surface area (Å²) in [6.45, 7) is 6.03. The molecule has 0 aromatic carbocycles. The summed E-state index contributed by atoms with van der Waals surface area (Å²) < 4.78 is 0. The van der Waals surface area contributed by atoms with Crippen LogP contribution in [-0.2, 0) is 0 Å². The number of imidazole rings is 1. The van der Waals surface area contributed by atoms with Crippen LogP contribution in [0.4, 0.5) is 0 Å². The van der Waals surface area contributed by atoms with Crippen LogP contribution in [-0.4, -0.2) is 15.0 Å². The van der Waals surface area contributed by atoms with E-state index in [-0.39, 0.29) is 0 Å². The first-order valence-corrected chi connectivity index (χ1v) is 4.63. The van der Waals surface area contributed by atoms with Crippen molar-refractivity contribution in [3.8, 4) is 11.5 Å². The topological polar surface area (TPSA) is 41.6 Å². The Hall–Kier alpha value is -1.64. The van der Waals surface area contributed by atoms with Gasteiger partial charge in [-0.25, -0.2) is 4.98 Å². The smallest absolute Gasteiger partial charge is 0.156 e. The number of hydrogen-bond donors (Lipinski definition) is 1. The highest BCUT2D eigenvalue weighted by Gasteiger charge is 2.05. The van der Waals surface area contributed by atoms with Crippen LogP contribution in [0.1, 0.15) is 17.0 Å². The van der Waals surface area contributed by atoms with Crippen molar-refractivity contribution in [2.45, 2.75) is 20.8 Å². The third-order valence-corrected chi connectivity index (χ3v) is 2.28. The van der Waals surface area contributed by atoms with Gasteiger partial charge < -0.3 is 4.98 Å². The zero-order valence-corrected chi connectivity index (χ0v) is 8.63. The molecule has 0 amide bonds. The van der Waals surface area contributed by atoms with Gasteiger partial charge in [0, 0.05) is 11.9 Å². The van der Waals surface area contributed by atoms with Crippen molar-refractivity contribution in [2.24, 2.45) is 0 Å². The summed E-state index contributed by atoms with van der Waals surface area (Å²) in [7, 11) is 0. The molecule has 0 atom stereocenters. The van der Waals surface area contributed by atoms with Gasteiger partial charge in [0.15, 0.2) is 5.82 Å². The second kappa shape index (κ2) is 3.25. The fourth-order valence-corrected chi connectivity index (χ4v) is 1.28. The first-order chi connectivity index (χ1) is 6.66. The Morgan fingerprint density at radius 2 is 1.93 bits per heavy atom. The van der Waals surface area contributed by atoms with E-state index < -0.39 is 0 Å². The van der Waals surface area contributed by atoms with E-state index >= 15 is 0 Å². The maximum absolute atomic E-state index is 4.39. The number of aryl methyl sites for hydroxylation is 3. The van der Waals surface area contributed by atoms with Crippen LogP contribution < -0.4 is 0 Å². The van der Waals surface area contributed by atoms with Crippen LogP contribution in [0.15, 0.2) is 18.3 Å². The number of H-pyrrole nitrogens is 1. The van der Waals surface area contributed by atoms with Crippen LogP contribution >= 0.6 is 0 Å². The minimum Gasteiger partial charge on any atom is -0.341 e. The van der Waals surface area contributed by atoms with E-state index in [1.165, 1.54) is 0 Å². The summed E-state index contributed by atoms with van der Waals surface area (Å²) in [5.41, 5.74) is 4.19. The second-order valence-electron chi connectivity index (χ2n) is 3.52. The number of aromatic nitrogens is 3. The normalized spacial score (nSPS) is 10.5. The van der Waals surface area contributed by atoms with Gasteiger partial charge in [0.05, 0.1) is 5.69 Å². The molecule has 3 nitrogen and oxygen atoms in total. The van der Waals surface area contributed by atoms with E-state index in [9.17, 15) is 0 Å².